The average Bonchev–Trinajstić information content (AvgIpc) is 2.98. The van der Waals surface area contributed by atoms with Crippen LogP contribution in [0.1, 0.15) is 10.6 Å². The van der Waals surface area contributed by atoms with Crippen LogP contribution in [0.5, 0.6) is 0 Å². The fraction of sp³-hybridized carbons (Fsp3) is 0. The lowest BCUT2D eigenvalue weighted by Crippen LogP contribution is -2.10. The second-order valence-corrected chi connectivity index (χ2v) is 4.81. The molecule has 1 amide bonds. The summed E-state index contributed by atoms with van der Waals surface area (Å²) in [5.41, 5.74) is 1.44. The maximum absolute atomic E-state index is 12.1. The lowest BCUT2D eigenvalue weighted by molar-refractivity contribution is 0.0997. The van der Waals surface area contributed by atoms with Crippen molar-refractivity contribution in [1.82, 2.24) is 4.98 Å². The van der Waals surface area contributed by atoms with Crippen molar-refractivity contribution >= 4 is 23.2 Å². The third-order valence-corrected chi connectivity index (χ3v) is 3.09. The van der Waals surface area contributed by atoms with E-state index in [-0.39, 0.29) is 11.7 Å². The van der Waals surface area contributed by atoms with Crippen molar-refractivity contribution in [3.8, 4) is 11.3 Å². The van der Waals surface area contributed by atoms with E-state index in [0.717, 1.165) is 5.56 Å². The van der Waals surface area contributed by atoms with Crippen molar-refractivity contribution in [3.63, 3.8) is 0 Å². The van der Waals surface area contributed by atoms with Crippen molar-refractivity contribution < 1.29 is 9.21 Å². The van der Waals surface area contributed by atoms with Crippen LogP contribution in [0.2, 0.25) is 5.02 Å². The molecule has 4 nitrogen and oxygen atoms in total. The van der Waals surface area contributed by atoms with Crippen LogP contribution < -0.4 is 5.32 Å². The normalized spacial score (nSPS) is 10.3. The van der Waals surface area contributed by atoms with E-state index in [0.29, 0.717) is 16.5 Å². The molecule has 2 heterocycles. The molecule has 0 bridgehead atoms. The number of hydrogen-bond acceptors (Lipinski definition) is 3. The topological polar surface area (TPSA) is 55.1 Å². The number of carbonyl (C=O) groups excluding carboxylic acids is 1. The first kappa shape index (κ1) is 13.4. The first-order chi connectivity index (χ1) is 10.2. The molecule has 5 heteroatoms. The van der Waals surface area contributed by atoms with Crippen LogP contribution in [-0.2, 0) is 0 Å². The summed E-state index contributed by atoms with van der Waals surface area (Å²) in [4.78, 5) is 16.0. The number of benzene rings is 1. The number of carbonyl (C=O) groups is 1. The molecule has 0 fully saturated rings. The standard InChI is InChI=1S/C16H11ClN2O2/c17-12-4-1-3-11(9-12)14-6-7-15(21-14)16(20)19-13-5-2-8-18-10-13/h1-10H,(H,19,20). The number of hydrogen-bond donors (Lipinski definition) is 1. The molecule has 3 aromatic rings. The number of furan rings is 1. The lowest BCUT2D eigenvalue weighted by atomic mass is 10.2. The highest BCUT2D eigenvalue weighted by Crippen LogP contribution is 2.25. The van der Waals surface area contributed by atoms with Gasteiger partial charge in [0, 0.05) is 16.8 Å². The molecule has 3 rings (SSSR count). The van der Waals surface area contributed by atoms with Crippen LogP contribution in [0.3, 0.4) is 0 Å². The molecule has 0 aliphatic heterocycles. The summed E-state index contributed by atoms with van der Waals surface area (Å²) >= 11 is 5.94. The molecular formula is C16H11ClN2O2. The summed E-state index contributed by atoms with van der Waals surface area (Å²) in [5.74, 6) is 0.499. The van der Waals surface area contributed by atoms with Gasteiger partial charge in [0.2, 0.25) is 0 Å². The second-order valence-electron chi connectivity index (χ2n) is 4.37. The van der Waals surface area contributed by atoms with Crippen molar-refractivity contribution in [2.75, 3.05) is 5.32 Å². The number of rotatable bonds is 3. The average molecular weight is 299 g/mol. The fourth-order valence-electron chi connectivity index (χ4n) is 1.89. The molecule has 2 aromatic heterocycles. The van der Waals surface area contributed by atoms with Gasteiger partial charge in [0.1, 0.15) is 5.76 Å². The molecule has 0 atom stereocenters. The van der Waals surface area contributed by atoms with E-state index < -0.39 is 0 Å². The SMILES string of the molecule is O=C(Nc1cccnc1)c1ccc(-c2cccc(Cl)c2)o1. The minimum Gasteiger partial charge on any atom is -0.451 e. The van der Waals surface area contributed by atoms with E-state index in [1.165, 1.54) is 0 Å². The highest BCUT2D eigenvalue weighted by Gasteiger charge is 2.12. The number of halogens is 1. The van der Waals surface area contributed by atoms with E-state index >= 15 is 0 Å². The zero-order chi connectivity index (χ0) is 14.7. The Balaban J connectivity index is 1.80. The van der Waals surface area contributed by atoms with Gasteiger partial charge in [0.25, 0.3) is 5.91 Å². The van der Waals surface area contributed by atoms with Crippen molar-refractivity contribution in [1.29, 1.82) is 0 Å². The van der Waals surface area contributed by atoms with E-state index in [2.05, 4.69) is 10.3 Å². The van der Waals surface area contributed by atoms with Gasteiger partial charge in [-0.05, 0) is 36.4 Å². The predicted molar refractivity (Wildman–Crippen MR) is 81.3 cm³/mol. The minimum absolute atomic E-state index is 0.230. The molecule has 1 aromatic carbocycles. The molecule has 0 spiro atoms. The number of amides is 1. The van der Waals surface area contributed by atoms with Gasteiger partial charge in [-0.25, -0.2) is 0 Å². The van der Waals surface area contributed by atoms with Crippen molar-refractivity contribution in [2.45, 2.75) is 0 Å². The summed E-state index contributed by atoms with van der Waals surface area (Å²) in [6.45, 7) is 0. The van der Waals surface area contributed by atoms with E-state index in [9.17, 15) is 4.79 Å². The Morgan fingerprint density at radius 2 is 2.05 bits per heavy atom. The fourth-order valence-corrected chi connectivity index (χ4v) is 2.08. The Hall–Kier alpha value is -2.59. The van der Waals surface area contributed by atoms with E-state index in [1.54, 1.807) is 48.8 Å². The van der Waals surface area contributed by atoms with Crippen LogP contribution in [0.4, 0.5) is 5.69 Å². The molecule has 0 unspecified atom stereocenters. The minimum atomic E-state index is -0.323. The molecular weight excluding hydrogens is 288 g/mol. The van der Waals surface area contributed by atoms with Gasteiger partial charge >= 0.3 is 0 Å². The molecule has 0 radical (unpaired) electrons. The highest BCUT2D eigenvalue weighted by atomic mass is 35.5. The molecule has 0 aliphatic rings. The van der Waals surface area contributed by atoms with Gasteiger partial charge in [0.05, 0.1) is 11.9 Å². The predicted octanol–water partition coefficient (Wildman–Crippen LogP) is 4.25. The zero-order valence-corrected chi connectivity index (χ0v) is 11.7. The summed E-state index contributed by atoms with van der Waals surface area (Å²) in [5, 5.41) is 3.33. The van der Waals surface area contributed by atoms with Gasteiger partial charge in [0.15, 0.2) is 5.76 Å². The zero-order valence-electron chi connectivity index (χ0n) is 10.9. The molecule has 0 aliphatic carbocycles. The van der Waals surface area contributed by atoms with Crippen molar-refractivity contribution in [3.05, 3.63) is 71.7 Å². The van der Waals surface area contributed by atoms with Crippen LogP contribution in [0, 0.1) is 0 Å². The third-order valence-electron chi connectivity index (χ3n) is 2.86. The van der Waals surface area contributed by atoms with Gasteiger partial charge in [-0.15, -0.1) is 0 Å². The summed E-state index contributed by atoms with van der Waals surface area (Å²) in [6.07, 6.45) is 3.21. The quantitative estimate of drug-likeness (QED) is 0.786. The van der Waals surface area contributed by atoms with Crippen LogP contribution >= 0.6 is 11.6 Å². The lowest BCUT2D eigenvalue weighted by Gasteiger charge is -2.02. The first-order valence-electron chi connectivity index (χ1n) is 6.29. The summed E-state index contributed by atoms with van der Waals surface area (Å²) in [7, 11) is 0. The number of aromatic nitrogens is 1. The summed E-state index contributed by atoms with van der Waals surface area (Å²) < 4.78 is 5.57. The number of nitrogens with zero attached hydrogens (tertiary/aromatic N) is 1. The van der Waals surface area contributed by atoms with Crippen LogP contribution in [0.25, 0.3) is 11.3 Å². The molecule has 0 saturated carbocycles. The van der Waals surface area contributed by atoms with Gasteiger partial charge in [-0.1, -0.05) is 23.7 Å². The Kier molecular flexibility index (Phi) is 3.71. The molecule has 21 heavy (non-hydrogen) atoms. The summed E-state index contributed by atoms with van der Waals surface area (Å²) in [6, 6.07) is 14.1. The molecule has 104 valence electrons. The molecule has 0 saturated heterocycles. The largest absolute Gasteiger partial charge is 0.451 e. The number of pyridine rings is 1. The number of nitrogens with one attached hydrogen (secondary N) is 1. The Morgan fingerprint density at radius 3 is 2.81 bits per heavy atom. The smallest absolute Gasteiger partial charge is 0.291 e. The van der Waals surface area contributed by atoms with Gasteiger partial charge in [-0.3, -0.25) is 9.78 Å². The maximum atomic E-state index is 12.1. The molecule has 1 N–H and O–H groups in total. The van der Waals surface area contributed by atoms with E-state index in [4.69, 9.17) is 16.0 Å². The van der Waals surface area contributed by atoms with Crippen LogP contribution in [-0.4, -0.2) is 10.9 Å². The third kappa shape index (κ3) is 3.12. The second kappa shape index (κ2) is 5.81. The highest BCUT2D eigenvalue weighted by molar-refractivity contribution is 6.30. The van der Waals surface area contributed by atoms with Crippen molar-refractivity contribution in [2.24, 2.45) is 0 Å². The Labute approximate surface area is 126 Å². The van der Waals surface area contributed by atoms with Crippen LogP contribution in [0.15, 0.2) is 65.3 Å². The monoisotopic (exact) mass is 298 g/mol. The van der Waals surface area contributed by atoms with E-state index in [1.807, 2.05) is 12.1 Å². The Morgan fingerprint density at radius 1 is 1.14 bits per heavy atom. The first-order valence-corrected chi connectivity index (χ1v) is 6.67. The Bertz CT molecular complexity index is 769. The van der Waals surface area contributed by atoms with Gasteiger partial charge in [-0.2, -0.15) is 0 Å². The number of anilines is 1. The maximum Gasteiger partial charge on any atom is 0.291 e. The van der Waals surface area contributed by atoms with Gasteiger partial charge < -0.3 is 9.73 Å².